The second-order valence-corrected chi connectivity index (χ2v) is 7.01. The molecule has 0 saturated carbocycles. The van der Waals surface area contributed by atoms with Gasteiger partial charge in [0.05, 0.1) is 6.10 Å². The molecule has 2 heterocycles. The molecule has 1 aliphatic rings. The normalized spacial score (nSPS) is 18.7. The summed E-state index contributed by atoms with van der Waals surface area (Å²) in [5.74, 6) is 0.559. The van der Waals surface area contributed by atoms with E-state index in [0.717, 1.165) is 19.3 Å². The summed E-state index contributed by atoms with van der Waals surface area (Å²) in [4.78, 5) is 4.31. The number of nitrogens with one attached hydrogen (secondary N) is 1. The average Bonchev–Trinajstić information content (AvgIpc) is 2.46. The van der Waals surface area contributed by atoms with E-state index >= 15 is 0 Å². The van der Waals surface area contributed by atoms with Crippen molar-refractivity contribution >= 4 is 15.8 Å². The molecule has 1 aromatic heterocycles. The van der Waals surface area contributed by atoms with Gasteiger partial charge in [0.15, 0.2) is 0 Å². The molecule has 0 aliphatic carbocycles. The fourth-order valence-corrected chi connectivity index (χ4v) is 3.61. The number of pyridine rings is 1. The molecule has 0 bridgehead atoms. The van der Waals surface area contributed by atoms with Crippen LogP contribution in [0.15, 0.2) is 23.2 Å². The maximum Gasteiger partial charge on any atom is 0.244 e. The summed E-state index contributed by atoms with van der Waals surface area (Å²) in [6, 6.07) is 3.18. The predicted octanol–water partition coefficient (Wildman–Crippen LogP) is 1.05. The van der Waals surface area contributed by atoms with Gasteiger partial charge in [0.1, 0.15) is 10.7 Å². The van der Waals surface area contributed by atoms with Crippen molar-refractivity contribution in [3.05, 3.63) is 18.3 Å². The van der Waals surface area contributed by atoms with Gasteiger partial charge in [-0.05, 0) is 31.9 Å². The van der Waals surface area contributed by atoms with Crippen molar-refractivity contribution in [1.82, 2.24) is 9.29 Å². The summed E-state index contributed by atoms with van der Waals surface area (Å²) in [7, 11) is -3.42. The highest BCUT2D eigenvalue weighted by Crippen LogP contribution is 2.20. The van der Waals surface area contributed by atoms with E-state index in [1.807, 2.05) is 0 Å². The van der Waals surface area contributed by atoms with Gasteiger partial charge in [0.25, 0.3) is 0 Å². The largest absolute Gasteiger partial charge is 0.392 e. The quantitative estimate of drug-likeness (QED) is 0.849. The number of aliphatic hydroxyl groups excluding tert-OH is 1. The van der Waals surface area contributed by atoms with Gasteiger partial charge in [-0.2, -0.15) is 4.31 Å². The summed E-state index contributed by atoms with van der Waals surface area (Å²) in [6.45, 7) is 3.22. The fourth-order valence-electron chi connectivity index (χ4n) is 2.14. The van der Waals surface area contributed by atoms with Crippen LogP contribution in [0.2, 0.25) is 0 Å². The number of hydrogen-bond donors (Lipinski definition) is 2. The monoisotopic (exact) mass is 299 g/mol. The molecule has 6 nitrogen and oxygen atoms in total. The number of rotatable bonds is 5. The minimum absolute atomic E-state index is 0.224. The zero-order chi connectivity index (χ0) is 14.6. The van der Waals surface area contributed by atoms with Crippen LogP contribution in [0.4, 0.5) is 5.82 Å². The van der Waals surface area contributed by atoms with Crippen molar-refractivity contribution in [2.75, 3.05) is 25.0 Å². The molecule has 1 aromatic rings. The number of piperidine rings is 1. The van der Waals surface area contributed by atoms with Gasteiger partial charge in [0, 0.05) is 25.8 Å². The Hall–Kier alpha value is -1.18. The molecule has 0 spiro atoms. The Morgan fingerprint density at radius 1 is 1.35 bits per heavy atom. The lowest BCUT2D eigenvalue weighted by atomic mass is 10.2. The third-order valence-electron chi connectivity index (χ3n) is 3.27. The summed E-state index contributed by atoms with van der Waals surface area (Å²) in [6.07, 6.45) is 3.82. The highest BCUT2D eigenvalue weighted by Gasteiger charge is 2.25. The highest BCUT2D eigenvalue weighted by atomic mass is 32.2. The van der Waals surface area contributed by atoms with Crippen LogP contribution in [-0.4, -0.2) is 48.6 Å². The third-order valence-corrected chi connectivity index (χ3v) is 5.15. The van der Waals surface area contributed by atoms with E-state index in [-0.39, 0.29) is 4.90 Å². The van der Waals surface area contributed by atoms with Gasteiger partial charge >= 0.3 is 0 Å². The SMILES string of the molecule is C[C@H](O)CNc1ccc(S(=O)(=O)N2CCCCC2)cn1. The number of aliphatic hydroxyl groups is 1. The second-order valence-electron chi connectivity index (χ2n) is 5.07. The van der Waals surface area contributed by atoms with Gasteiger partial charge < -0.3 is 10.4 Å². The van der Waals surface area contributed by atoms with E-state index in [4.69, 9.17) is 0 Å². The van der Waals surface area contributed by atoms with E-state index in [9.17, 15) is 13.5 Å². The molecule has 0 amide bonds. The van der Waals surface area contributed by atoms with Crippen LogP contribution in [0.1, 0.15) is 26.2 Å². The second kappa shape index (κ2) is 6.51. The van der Waals surface area contributed by atoms with Crippen LogP contribution in [0.25, 0.3) is 0 Å². The lowest BCUT2D eigenvalue weighted by Crippen LogP contribution is -2.35. The van der Waals surface area contributed by atoms with E-state index in [2.05, 4.69) is 10.3 Å². The standard InChI is InChI=1S/C13H21N3O3S/c1-11(17)9-14-13-6-5-12(10-15-13)20(18,19)16-7-3-2-4-8-16/h5-6,10-11,17H,2-4,7-9H2,1H3,(H,14,15)/t11-/m0/s1. The average molecular weight is 299 g/mol. The van der Waals surface area contributed by atoms with E-state index < -0.39 is 16.1 Å². The number of aromatic nitrogens is 1. The maximum atomic E-state index is 12.4. The van der Waals surface area contributed by atoms with Gasteiger partial charge in [-0.3, -0.25) is 0 Å². The van der Waals surface area contributed by atoms with Crippen molar-refractivity contribution < 1.29 is 13.5 Å². The first kappa shape index (κ1) is 15.2. The van der Waals surface area contributed by atoms with Gasteiger partial charge in [-0.25, -0.2) is 13.4 Å². The van der Waals surface area contributed by atoms with Crippen molar-refractivity contribution in [3.8, 4) is 0 Å². The first-order valence-electron chi connectivity index (χ1n) is 6.88. The molecule has 112 valence electrons. The predicted molar refractivity (Wildman–Crippen MR) is 77.0 cm³/mol. The summed E-state index contributed by atoms with van der Waals surface area (Å²) >= 11 is 0. The summed E-state index contributed by atoms with van der Waals surface area (Å²) in [5.41, 5.74) is 0. The Kier molecular flexibility index (Phi) is 4.95. The minimum atomic E-state index is -3.42. The number of sulfonamides is 1. The number of anilines is 1. The molecule has 1 saturated heterocycles. The third kappa shape index (κ3) is 3.68. The lowest BCUT2D eigenvalue weighted by Gasteiger charge is -2.25. The Labute approximate surface area is 119 Å². The van der Waals surface area contributed by atoms with Crippen molar-refractivity contribution in [1.29, 1.82) is 0 Å². The van der Waals surface area contributed by atoms with Crippen molar-refractivity contribution in [2.24, 2.45) is 0 Å². The molecular formula is C13H21N3O3S. The molecule has 2 rings (SSSR count). The van der Waals surface area contributed by atoms with Crippen LogP contribution in [0.5, 0.6) is 0 Å². The highest BCUT2D eigenvalue weighted by molar-refractivity contribution is 7.89. The van der Waals surface area contributed by atoms with Gasteiger partial charge in [0.2, 0.25) is 10.0 Å². The minimum Gasteiger partial charge on any atom is -0.392 e. The smallest absolute Gasteiger partial charge is 0.244 e. The van der Waals surface area contributed by atoms with Crippen LogP contribution < -0.4 is 5.32 Å². The maximum absolute atomic E-state index is 12.4. The molecular weight excluding hydrogens is 278 g/mol. The molecule has 1 aliphatic heterocycles. The lowest BCUT2D eigenvalue weighted by molar-refractivity contribution is 0.208. The van der Waals surface area contributed by atoms with Crippen molar-refractivity contribution in [3.63, 3.8) is 0 Å². The van der Waals surface area contributed by atoms with Crippen LogP contribution >= 0.6 is 0 Å². The Morgan fingerprint density at radius 2 is 2.05 bits per heavy atom. The number of hydrogen-bond acceptors (Lipinski definition) is 5. The molecule has 7 heteroatoms. The zero-order valence-electron chi connectivity index (χ0n) is 11.6. The zero-order valence-corrected chi connectivity index (χ0v) is 12.4. The Balaban J connectivity index is 2.08. The first-order valence-corrected chi connectivity index (χ1v) is 8.32. The molecule has 20 heavy (non-hydrogen) atoms. The number of nitrogens with zero attached hydrogens (tertiary/aromatic N) is 2. The van der Waals surface area contributed by atoms with Crippen LogP contribution in [0, 0.1) is 0 Å². The molecule has 1 fully saturated rings. The molecule has 2 N–H and O–H groups in total. The molecule has 0 unspecified atom stereocenters. The molecule has 0 aromatic carbocycles. The molecule has 1 atom stereocenters. The topological polar surface area (TPSA) is 82.5 Å². The Bertz CT molecular complexity index is 522. The Morgan fingerprint density at radius 3 is 2.60 bits per heavy atom. The van der Waals surface area contributed by atoms with Gasteiger partial charge in [-0.1, -0.05) is 6.42 Å². The fraction of sp³-hybridized carbons (Fsp3) is 0.615. The van der Waals surface area contributed by atoms with Crippen molar-refractivity contribution in [2.45, 2.75) is 37.2 Å². The van der Waals surface area contributed by atoms with E-state index in [0.29, 0.717) is 25.5 Å². The summed E-state index contributed by atoms with van der Waals surface area (Å²) < 4.78 is 26.3. The van der Waals surface area contributed by atoms with E-state index in [1.165, 1.54) is 10.5 Å². The van der Waals surface area contributed by atoms with E-state index in [1.54, 1.807) is 19.1 Å². The van der Waals surface area contributed by atoms with Crippen LogP contribution in [0.3, 0.4) is 0 Å². The van der Waals surface area contributed by atoms with Gasteiger partial charge in [-0.15, -0.1) is 0 Å². The first-order chi connectivity index (χ1) is 9.50. The summed E-state index contributed by atoms with van der Waals surface area (Å²) in [5, 5.41) is 12.1. The molecule has 0 radical (unpaired) electrons. The van der Waals surface area contributed by atoms with Crippen LogP contribution in [-0.2, 0) is 10.0 Å².